The lowest BCUT2D eigenvalue weighted by Crippen LogP contribution is -2.49. The molecule has 0 N–H and O–H groups in total. The van der Waals surface area contributed by atoms with Gasteiger partial charge in [-0.25, -0.2) is 14.5 Å². The molecule has 0 amide bonds. The Kier molecular flexibility index (Phi) is 6.77. The quantitative estimate of drug-likeness (QED) is 0.331. The number of carbonyl (C=O) groups excluding carboxylic acids is 1. The predicted octanol–water partition coefficient (Wildman–Crippen LogP) is 6.62. The Balaban J connectivity index is 2.09. The number of aromatic nitrogens is 3. The van der Waals surface area contributed by atoms with E-state index in [2.05, 4.69) is 58.5 Å². The number of carbonyl (C=O) groups is 1. The molecule has 3 rings (SSSR count). The van der Waals surface area contributed by atoms with Crippen molar-refractivity contribution < 1.29 is 9.53 Å². The predicted molar refractivity (Wildman–Crippen MR) is 135 cm³/mol. The standard InChI is InChI=1S/C26H38Cl2N4O2/c1-14-11-15(23(2,3)4)19(16(12-14)24(5,6)7)34-21(33)18-17(13-29)26(27,28)32-20(18)30-22(31-32)25(8,9)10/h14-16,19H,11-12H2,1-10H3. The van der Waals surface area contributed by atoms with Crippen molar-refractivity contribution in [3.63, 3.8) is 0 Å². The van der Waals surface area contributed by atoms with Gasteiger partial charge in [-0.2, -0.15) is 10.4 Å². The summed E-state index contributed by atoms with van der Waals surface area (Å²) in [5.41, 5.74) is -0.604. The van der Waals surface area contributed by atoms with Crippen LogP contribution in [0.25, 0.3) is 5.57 Å². The van der Waals surface area contributed by atoms with Gasteiger partial charge in [-0.1, -0.05) is 92.4 Å². The van der Waals surface area contributed by atoms with E-state index in [0.717, 1.165) is 12.8 Å². The van der Waals surface area contributed by atoms with Gasteiger partial charge in [-0.05, 0) is 29.6 Å². The Morgan fingerprint density at radius 1 is 1.06 bits per heavy atom. The highest BCUT2D eigenvalue weighted by molar-refractivity contribution is 6.50. The second kappa shape index (κ2) is 8.52. The van der Waals surface area contributed by atoms with E-state index < -0.39 is 15.8 Å². The topological polar surface area (TPSA) is 80.8 Å². The van der Waals surface area contributed by atoms with Crippen LogP contribution in [-0.2, 0) is 19.4 Å². The Bertz CT molecular complexity index is 1020. The van der Waals surface area contributed by atoms with E-state index in [-0.39, 0.29) is 45.7 Å². The average Bonchev–Trinajstić information content (AvgIpc) is 3.18. The van der Waals surface area contributed by atoms with Crippen molar-refractivity contribution >= 4 is 34.7 Å². The number of alkyl halides is 2. The monoisotopic (exact) mass is 508 g/mol. The van der Waals surface area contributed by atoms with Crippen LogP contribution in [0.2, 0.25) is 0 Å². The Morgan fingerprint density at radius 2 is 1.56 bits per heavy atom. The largest absolute Gasteiger partial charge is 0.458 e. The van der Waals surface area contributed by atoms with Crippen LogP contribution >= 0.6 is 23.2 Å². The number of hydrogen-bond acceptors (Lipinski definition) is 5. The van der Waals surface area contributed by atoms with Crippen LogP contribution in [0.3, 0.4) is 0 Å². The number of halogens is 2. The van der Waals surface area contributed by atoms with Gasteiger partial charge in [0.1, 0.15) is 23.3 Å². The SMILES string of the molecule is CC1CC(C(C)(C)C)C(OC(=O)C2=C(C#N)C(Cl)(Cl)n3nc(C(C)(C)C)nc32)C(C(C)(C)C)C1. The van der Waals surface area contributed by atoms with Gasteiger partial charge in [0, 0.05) is 17.3 Å². The van der Waals surface area contributed by atoms with Crippen molar-refractivity contribution in [3.05, 3.63) is 17.2 Å². The fraction of sp³-hybridized carbons (Fsp3) is 0.769. The zero-order chi connectivity index (χ0) is 26.0. The fourth-order valence-electron chi connectivity index (χ4n) is 5.22. The lowest BCUT2D eigenvalue weighted by molar-refractivity contribution is -0.162. The second-order valence-electron chi connectivity index (χ2n) is 13.2. The number of hydrogen-bond donors (Lipinski definition) is 0. The third-order valence-electron chi connectivity index (χ3n) is 7.21. The molecular weight excluding hydrogens is 471 g/mol. The molecule has 8 heteroatoms. The number of ether oxygens (including phenoxy) is 1. The van der Waals surface area contributed by atoms with E-state index >= 15 is 0 Å². The zero-order valence-electron chi connectivity index (χ0n) is 22.1. The lowest BCUT2D eigenvalue weighted by Gasteiger charge is -2.50. The van der Waals surface area contributed by atoms with Crippen molar-refractivity contribution in [1.82, 2.24) is 14.8 Å². The van der Waals surface area contributed by atoms with Gasteiger partial charge in [0.05, 0.1) is 0 Å². The molecule has 6 nitrogen and oxygen atoms in total. The molecule has 188 valence electrons. The van der Waals surface area contributed by atoms with Gasteiger partial charge in [-0.15, -0.1) is 0 Å². The highest BCUT2D eigenvalue weighted by Gasteiger charge is 2.52. The van der Waals surface area contributed by atoms with Gasteiger partial charge in [0.15, 0.2) is 11.6 Å². The van der Waals surface area contributed by atoms with Crippen molar-refractivity contribution in [2.75, 3.05) is 0 Å². The van der Waals surface area contributed by atoms with Gasteiger partial charge in [0.2, 0.25) is 4.46 Å². The van der Waals surface area contributed by atoms with Crippen molar-refractivity contribution in [2.24, 2.45) is 28.6 Å². The summed E-state index contributed by atoms with van der Waals surface area (Å²) in [6.45, 7) is 21.3. The van der Waals surface area contributed by atoms with Crippen molar-refractivity contribution in [2.45, 2.75) is 98.1 Å². The summed E-state index contributed by atoms with van der Waals surface area (Å²) in [7, 11) is 0. The van der Waals surface area contributed by atoms with Crippen molar-refractivity contribution in [1.29, 1.82) is 5.26 Å². The third kappa shape index (κ3) is 4.75. The minimum absolute atomic E-state index is 0.00874. The Hall–Kier alpha value is -1.58. The fourth-order valence-corrected chi connectivity index (χ4v) is 5.73. The molecule has 0 radical (unpaired) electrons. The smallest absolute Gasteiger partial charge is 0.343 e. The lowest BCUT2D eigenvalue weighted by atomic mass is 9.59. The van der Waals surface area contributed by atoms with Crippen LogP contribution < -0.4 is 0 Å². The third-order valence-corrected chi connectivity index (χ3v) is 7.91. The summed E-state index contributed by atoms with van der Waals surface area (Å²) in [5, 5.41) is 14.3. The van der Waals surface area contributed by atoms with E-state index in [1.165, 1.54) is 4.68 Å². The van der Waals surface area contributed by atoms with Crippen LogP contribution in [0.4, 0.5) is 0 Å². The van der Waals surface area contributed by atoms with E-state index in [1.807, 2.05) is 26.8 Å². The number of fused-ring (bicyclic) bond motifs is 1. The highest BCUT2D eigenvalue weighted by Crippen LogP contribution is 2.51. The Morgan fingerprint density at radius 3 is 1.97 bits per heavy atom. The molecular formula is C26H38Cl2N4O2. The maximum absolute atomic E-state index is 13.8. The van der Waals surface area contributed by atoms with E-state index in [1.54, 1.807) is 0 Å². The van der Waals surface area contributed by atoms with Gasteiger partial charge in [-0.3, -0.25) is 0 Å². The maximum Gasteiger partial charge on any atom is 0.343 e. The molecule has 1 aliphatic carbocycles. The molecule has 0 saturated heterocycles. The number of esters is 1. The van der Waals surface area contributed by atoms with Crippen LogP contribution in [0.5, 0.6) is 0 Å². The number of nitrogens with zero attached hydrogens (tertiary/aromatic N) is 4. The molecule has 1 fully saturated rings. The first-order valence-corrected chi connectivity index (χ1v) is 12.8. The molecule has 1 aliphatic heterocycles. The molecule has 2 atom stereocenters. The number of rotatable bonds is 2. The molecule has 0 spiro atoms. The molecule has 2 unspecified atom stereocenters. The highest BCUT2D eigenvalue weighted by atomic mass is 35.5. The molecule has 2 heterocycles. The summed E-state index contributed by atoms with van der Waals surface area (Å²) >= 11 is 13.1. The molecule has 2 aliphatic rings. The van der Waals surface area contributed by atoms with Gasteiger partial charge < -0.3 is 4.74 Å². The van der Waals surface area contributed by atoms with E-state index in [9.17, 15) is 10.1 Å². The summed E-state index contributed by atoms with van der Waals surface area (Å²) < 4.78 is 5.78. The maximum atomic E-state index is 13.8. The van der Waals surface area contributed by atoms with Gasteiger partial charge >= 0.3 is 5.97 Å². The molecule has 0 aromatic carbocycles. The van der Waals surface area contributed by atoms with Crippen LogP contribution in [0, 0.1) is 39.9 Å². The second-order valence-corrected chi connectivity index (χ2v) is 14.5. The number of allylic oxidation sites excluding steroid dienone is 1. The summed E-state index contributed by atoms with van der Waals surface area (Å²) in [6.07, 6.45) is 1.63. The van der Waals surface area contributed by atoms with Crippen LogP contribution in [-0.4, -0.2) is 26.8 Å². The minimum atomic E-state index is -1.82. The molecule has 34 heavy (non-hydrogen) atoms. The summed E-state index contributed by atoms with van der Waals surface area (Å²) in [6, 6.07) is 2.02. The first-order valence-electron chi connectivity index (χ1n) is 12.0. The normalized spacial score (nSPS) is 27.4. The van der Waals surface area contributed by atoms with Crippen LogP contribution in [0.15, 0.2) is 5.57 Å². The summed E-state index contributed by atoms with van der Waals surface area (Å²) in [5.74, 6) is 0.909. The van der Waals surface area contributed by atoms with Crippen LogP contribution in [0.1, 0.15) is 93.7 Å². The first kappa shape index (κ1) is 27.0. The molecule has 1 saturated carbocycles. The van der Waals surface area contributed by atoms with Gasteiger partial charge in [0.25, 0.3) is 0 Å². The first-order chi connectivity index (χ1) is 15.3. The molecule has 0 bridgehead atoms. The number of nitriles is 1. The van der Waals surface area contributed by atoms with E-state index in [0.29, 0.717) is 11.7 Å². The summed E-state index contributed by atoms with van der Waals surface area (Å²) in [4.78, 5) is 18.4. The minimum Gasteiger partial charge on any atom is -0.458 e. The average molecular weight is 510 g/mol. The Labute approximate surface area is 214 Å². The molecule has 1 aromatic heterocycles. The van der Waals surface area contributed by atoms with E-state index in [4.69, 9.17) is 27.9 Å². The van der Waals surface area contributed by atoms with Crippen molar-refractivity contribution in [3.8, 4) is 6.07 Å². The molecule has 1 aromatic rings. The zero-order valence-corrected chi connectivity index (χ0v) is 23.6.